The van der Waals surface area contributed by atoms with E-state index >= 15 is 0 Å². The molecule has 0 aliphatic carbocycles. The normalized spacial score (nSPS) is 20.6. The zero-order valence-corrected chi connectivity index (χ0v) is 7.42. The van der Waals surface area contributed by atoms with Crippen molar-refractivity contribution in [3.8, 4) is 5.75 Å². The van der Waals surface area contributed by atoms with Crippen LogP contribution in [0.15, 0.2) is 18.2 Å². The van der Waals surface area contributed by atoms with Crippen molar-refractivity contribution in [1.82, 2.24) is 0 Å². The number of benzene rings is 1. The van der Waals surface area contributed by atoms with Gasteiger partial charge in [0.25, 0.3) is 0 Å². The van der Waals surface area contributed by atoms with Crippen molar-refractivity contribution in [2.75, 3.05) is 7.11 Å². The Bertz CT molecular complexity index is 312. The third kappa shape index (κ3) is 1.65. The summed E-state index contributed by atoms with van der Waals surface area (Å²) in [5.41, 5.74) is 0.924. The number of hydrogen-bond acceptors (Lipinski definition) is 2. The van der Waals surface area contributed by atoms with Crippen LogP contribution < -0.4 is 4.74 Å². The molecule has 1 aliphatic heterocycles. The Labute approximate surface area is 76.3 Å². The molecule has 2 rings (SSSR count). The van der Waals surface area contributed by atoms with Crippen LogP contribution in [0.1, 0.15) is 12.0 Å². The Balaban J connectivity index is 2.26. The lowest BCUT2D eigenvalue weighted by Crippen LogP contribution is -2.24. The fourth-order valence-electron chi connectivity index (χ4n) is 1.50. The second kappa shape index (κ2) is 3.34. The van der Waals surface area contributed by atoms with E-state index < -0.39 is 0 Å². The first kappa shape index (κ1) is 8.51. The first-order valence-corrected chi connectivity index (χ1v) is 4.27. The summed E-state index contributed by atoms with van der Waals surface area (Å²) in [6.07, 6.45) is 1.41. The lowest BCUT2D eigenvalue weighted by Gasteiger charge is -2.24. The van der Waals surface area contributed by atoms with Crippen LogP contribution in [0.25, 0.3) is 0 Å². The lowest BCUT2D eigenvalue weighted by molar-refractivity contribution is -0.0654. The number of aryl methyl sites for hydroxylation is 1. The summed E-state index contributed by atoms with van der Waals surface area (Å²) in [5.74, 6) is 0.526. The van der Waals surface area contributed by atoms with Crippen LogP contribution in [0, 0.1) is 5.82 Å². The minimum absolute atomic E-state index is 0.182. The fourth-order valence-corrected chi connectivity index (χ4v) is 1.50. The summed E-state index contributed by atoms with van der Waals surface area (Å²) in [6.45, 7) is 0. The highest BCUT2D eigenvalue weighted by molar-refractivity contribution is 5.35. The Kier molecular flexibility index (Phi) is 2.19. The third-order valence-electron chi connectivity index (χ3n) is 2.19. The maximum atomic E-state index is 12.8. The van der Waals surface area contributed by atoms with Crippen LogP contribution in [0.2, 0.25) is 0 Å². The van der Waals surface area contributed by atoms with Crippen molar-refractivity contribution in [1.29, 1.82) is 0 Å². The van der Waals surface area contributed by atoms with Crippen LogP contribution >= 0.6 is 0 Å². The predicted octanol–water partition coefficient (Wildman–Crippen LogP) is 2.12. The summed E-state index contributed by atoms with van der Waals surface area (Å²) in [7, 11) is 1.61. The van der Waals surface area contributed by atoms with E-state index in [2.05, 4.69) is 0 Å². The van der Waals surface area contributed by atoms with Gasteiger partial charge >= 0.3 is 0 Å². The lowest BCUT2D eigenvalue weighted by atomic mass is 10.1. The van der Waals surface area contributed by atoms with E-state index in [-0.39, 0.29) is 12.1 Å². The molecule has 0 saturated heterocycles. The van der Waals surface area contributed by atoms with Crippen molar-refractivity contribution in [2.45, 2.75) is 19.1 Å². The molecule has 0 aromatic heterocycles. The maximum absolute atomic E-state index is 12.8. The average molecular weight is 182 g/mol. The van der Waals surface area contributed by atoms with E-state index in [0.29, 0.717) is 0 Å². The molecule has 0 fully saturated rings. The molecule has 70 valence electrons. The summed E-state index contributed by atoms with van der Waals surface area (Å²) in [4.78, 5) is 0. The van der Waals surface area contributed by atoms with Crippen molar-refractivity contribution in [2.24, 2.45) is 0 Å². The van der Waals surface area contributed by atoms with E-state index in [1.807, 2.05) is 0 Å². The summed E-state index contributed by atoms with van der Waals surface area (Å²) < 4.78 is 23.3. The van der Waals surface area contributed by atoms with Gasteiger partial charge in [-0.1, -0.05) is 0 Å². The van der Waals surface area contributed by atoms with Gasteiger partial charge in [0.05, 0.1) is 0 Å². The van der Waals surface area contributed by atoms with Gasteiger partial charge < -0.3 is 9.47 Å². The SMILES string of the molecule is CO[C@@H]1CCc2cc(F)ccc2O1. The number of methoxy groups -OCH3 is 1. The summed E-state index contributed by atoms with van der Waals surface area (Å²) in [5, 5.41) is 0. The zero-order valence-electron chi connectivity index (χ0n) is 7.42. The van der Waals surface area contributed by atoms with Crippen LogP contribution in [0.4, 0.5) is 4.39 Å². The maximum Gasteiger partial charge on any atom is 0.199 e. The van der Waals surface area contributed by atoms with Crippen LogP contribution in [-0.2, 0) is 11.2 Å². The van der Waals surface area contributed by atoms with Gasteiger partial charge in [0.2, 0.25) is 0 Å². The second-order valence-corrected chi connectivity index (χ2v) is 3.07. The van der Waals surface area contributed by atoms with E-state index in [9.17, 15) is 4.39 Å². The molecule has 1 atom stereocenters. The Hall–Kier alpha value is -1.09. The molecule has 1 heterocycles. The van der Waals surface area contributed by atoms with Gasteiger partial charge in [0, 0.05) is 13.5 Å². The largest absolute Gasteiger partial charge is 0.465 e. The summed E-state index contributed by atoms with van der Waals surface area (Å²) in [6, 6.07) is 4.56. The standard InChI is InChI=1S/C10H11FO2/c1-12-10-5-2-7-6-8(11)3-4-9(7)13-10/h3-4,6,10H,2,5H2,1H3/t10-/m0/s1. The topological polar surface area (TPSA) is 18.5 Å². The van der Waals surface area contributed by atoms with Crippen LogP contribution in [0.3, 0.4) is 0 Å². The van der Waals surface area contributed by atoms with Crippen molar-refractivity contribution in [3.05, 3.63) is 29.6 Å². The van der Waals surface area contributed by atoms with Gasteiger partial charge in [-0.15, -0.1) is 0 Å². The number of rotatable bonds is 1. The Morgan fingerprint density at radius 2 is 2.38 bits per heavy atom. The molecule has 1 aromatic rings. The van der Waals surface area contributed by atoms with Gasteiger partial charge in [0.15, 0.2) is 6.29 Å². The monoisotopic (exact) mass is 182 g/mol. The Morgan fingerprint density at radius 3 is 3.15 bits per heavy atom. The fraction of sp³-hybridized carbons (Fsp3) is 0.400. The molecule has 0 spiro atoms. The van der Waals surface area contributed by atoms with E-state index in [1.165, 1.54) is 12.1 Å². The van der Waals surface area contributed by atoms with E-state index in [1.54, 1.807) is 13.2 Å². The van der Waals surface area contributed by atoms with Crippen molar-refractivity contribution >= 4 is 0 Å². The Morgan fingerprint density at radius 1 is 1.54 bits per heavy atom. The van der Waals surface area contributed by atoms with Gasteiger partial charge in [-0.3, -0.25) is 0 Å². The zero-order chi connectivity index (χ0) is 9.26. The highest BCUT2D eigenvalue weighted by Crippen LogP contribution is 2.28. The van der Waals surface area contributed by atoms with Crippen LogP contribution in [-0.4, -0.2) is 13.4 Å². The molecule has 3 heteroatoms. The minimum Gasteiger partial charge on any atom is -0.465 e. The first-order valence-electron chi connectivity index (χ1n) is 4.27. The van der Waals surface area contributed by atoms with Gasteiger partial charge in [0.1, 0.15) is 11.6 Å². The molecular weight excluding hydrogens is 171 g/mol. The predicted molar refractivity (Wildman–Crippen MR) is 46.1 cm³/mol. The molecule has 13 heavy (non-hydrogen) atoms. The highest BCUT2D eigenvalue weighted by Gasteiger charge is 2.18. The number of ether oxygens (including phenoxy) is 2. The van der Waals surface area contributed by atoms with E-state index in [4.69, 9.17) is 9.47 Å². The first-order chi connectivity index (χ1) is 6.29. The molecule has 0 unspecified atom stereocenters. The molecule has 2 nitrogen and oxygen atoms in total. The number of fused-ring (bicyclic) bond motifs is 1. The van der Waals surface area contributed by atoms with Gasteiger partial charge in [-0.2, -0.15) is 0 Å². The molecule has 0 amide bonds. The minimum atomic E-state index is -0.210. The molecule has 1 aromatic carbocycles. The molecule has 0 N–H and O–H groups in total. The molecule has 0 bridgehead atoms. The quantitative estimate of drug-likeness (QED) is 0.662. The number of halogens is 1. The number of hydrogen-bond donors (Lipinski definition) is 0. The smallest absolute Gasteiger partial charge is 0.199 e. The van der Waals surface area contributed by atoms with Gasteiger partial charge in [-0.25, -0.2) is 4.39 Å². The third-order valence-corrected chi connectivity index (χ3v) is 2.19. The van der Waals surface area contributed by atoms with E-state index in [0.717, 1.165) is 24.2 Å². The second-order valence-electron chi connectivity index (χ2n) is 3.07. The summed E-state index contributed by atoms with van der Waals surface area (Å²) >= 11 is 0. The average Bonchev–Trinajstić information content (AvgIpc) is 2.17. The van der Waals surface area contributed by atoms with Crippen LogP contribution in [0.5, 0.6) is 5.75 Å². The van der Waals surface area contributed by atoms with Crippen molar-refractivity contribution in [3.63, 3.8) is 0 Å². The van der Waals surface area contributed by atoms with Crippen molar-refractivity contribution < 1.29 is 13.9 Å². The molecule has 0 radical (unpaired) electrons. The molecular formula is C10H11FO2. The highest BCUT2D eigenvalue weighted by atomic mass is 19.1. The molecule has 1 aliphatic rings. The van der Waals surface area contributed by atoms with Gasteiger partial charge in [-0.05, 0) is 30.2 Å². The molecule has 0 saturated carbocycles.